The molecule has 0 aliphatic heterocycles. The summed E-state index contributed by atoms with van der Waals surface area (Å²) in [6.45, 7) is 0. The predicted octanol–water partition coefficient (Wildman–Crippen LogP) is 4.19. The zero-order chi connectivity index (χ0) is 12.8. The summed E-state index contributed by atoms with van der Waals surface area (Å²) in [4.78, 5) is 12.2. The van der Waals surface area contributed by atoms with Crippen LogP contribution in [0.4, 0.5) is 0 Å². The van der Waals surface area contributed by atoms with Crippen LogP contribution in [0.1, 0.15) is 15.9 Å². The third-order valence-electron chi connectivity index (χ3n) is 2.61. The summed E-state index contributed by atoms with van der Waals surface area (Å²) in [5.41, 5.74) is 2.26. The highest BCUT2D eigenvalue weighted by Crippen LogP contribution is 2.14. The van der Waals surface area contributed by atoms with Gasteiger partial charge in [-0.1, -0.05) is 60.7 Å². The number of halogens is 1. The molecule has 0 aliphatic carbocycles. The maximum absolute atomic E-state index is 12.2. The minimum atomic E-state index is -0.0190. The summed E-state index contributed by atoms with van der Waals surface area (Å²) in [6.07, 6.45) is 1.84. The molecule has 2 aromatic carbocycles. The first kappa shape index (κ1) is 12.6. The molecule has 0 N–H and O–H groups in total. The summed E-state index contributed by atoms with van der Waals surface area (Å²) >= 11 is 5.87. The number of benzene rings is 2. The van der Waals surface area contributed by atoms with Gasteiger partial charge in [-0.15, -0.1) is 11.6 Å². The lowest BCUT2D eigenvalue weighted by Crippen LogP contribution is -2.04. The summed E-state index contributed by atoms with van der Waals surface area (Å²) in [6, 6.07) is 18.9. The van der Waals surface area contributed by atoms with Crippen LogP contribution in [0.5, 0.6) is 0 Å². The van der Waals surface area contributed by atoms with Gasteiger partial charge in [0.2, 0.25) is 0 Å². The van der Waals surface area contributed by atoms with E-state index >= 15 is 0 Å². The molecular formula is C16H13ClO. The first-order chi connectivity index (χ1) is 8.81. The van der Waals surface area contributed by atoms with Crippen molar-refractivity contribution in [2.45, 2.75) is 0 Å². The molecule has 2 rings (SSSR count). The van der Waals surface area contributed by atoms with Crippen LogP contribution in [0.2, 0.25) is 0 Å². The Morgan fingerprint density at radius 2 is 1.50 bits per heavy atom. The maximum atomic E-state index is 12.2. The van der Waals surface area contributed by atoms with E-state index in [1.54, 1.807) is 12.1 Å². The number of ketones is 1. The smallest absolute Gasteiger partial charge is 0.190 e. The molecule has 0 bridgehead atoms. The van der Waals surface area contributed by atoms with Crippen LogP contribution in [0.15, 0.2) is 66.2 Å². The normalized spacial score (nSPS) is 11.3. The van der Waals surface area contributed by atoms with Gasteiger partial charge in [0.1, 0.15) is 0 Å². The van der Waals surface area contributed by atoms with Gasteiger partial charge >= 0.3 is 0 Å². The van der Waals surface area contributed by atoms with Gasteiger partial charge < -0.3 is 0 Å². The number of allylic oxidation sites excluding steroid dienone is 1. The molecular weight excluding hydrogens is 244 g/mol. The minimum Gasteiger partial charge on any atom is -0.289 e. The Hall–Kier alpha value is -1.86. The third kappa shape index (κ3) is 3.08. The molecule has 0 saturated carbocycles. The quantitative estimate of drug-likeness (QED) is 0.455. The molecule has 0 saturated heterocycles. The largest absolute Gasteiger partial charge is 0.289 e. The molecule has 0 unspecified atom stereocenters. The summed E-state index contributed by atoms with van der Waals surface area (Å²) in [7, 11) is 0. The van der Waals surface area contributed by atoms with Crippen LogP contribution in [0.3, 0.4) is 0 Å². The molecule has 0 spiro atoms. The Morgan fingerprint density at radius 1 is 0.944 bits per heavy atom. The van der Waals surface area contributed by atoms with E-state index in [9.17, 15) is 4.79 Å². The molecule has 2 aromatic rings. The van der Waals surface area contributed by atoms with Gasteiger partial charge in [-0.25, -0.2) is 0 Å². The van der Waals surface area contributed by atoms with Crippen molar-refractivity contribution in [2.75, 3.05) is 5.88 Å². The van der Waals surface area contributed by atoms with Crippen LogP contribution in [-0.4, -0.2) is 11.7 Å². The van der Waals surface area contributed by atoms with E-state index in [4.69, 9.17) is 11.6 Å². The Morgan fingerprint density at radius 3 is 2.06 bits per heavy atom. The van der Waals surface area contributed by atoms with Gasteiger partial charge in [0.15, 0.2) is 5.78 Å². The average Bonchev–Trinajstić information content (AvgIpc) is 2.46. The van der Waals surface area contributed by atoms with E-state index in [2.05, 4.69) is 0 Å². The Bertz CT molecular complexity index is 544. The van der Waals surface area contributed by atoms with E-state index in [1.807, 2.05) is 54.6 Å². The second-order valence-corrected chi connectivity index (χ2v) is 4.18. The van der Waals surface area contributed by atoms with Gasteiger partial charge in [-0.05, 0) is 11.6 Å². The van der Waals surface area contributed by atoms with E-state index in [0.717, 1.165) is 5.56 Å². The van der Waals surface area contributed by atoms with E-state index in [0.29, 0.717) is 11.1 Å². The lowest BCUT2D eigenvalue weighted by Gasteiger charge is -2.03. The van der Waals surface area contributed by atoms with Crippen molar-refractivity contribution < 1.29 is 4.79 Å². The molecule has 0 atom stereocenters. The van der Waals surface area contributed by atoms with Gasteiger partial charge in [0.05, 0.1) is 5.88 Å². The summed E-state index contributed by atoms with van der Waals surface area (Å²) < 4.78 is 0. The molecule has 0 aliphatic rings. The Kier molecular flexibility index (Phi) is 4.32. The monoisotopic (exact) mass is 256 g/mol. The van der Waals surface area contributed by atoms with Crippen LogP contribution in [0.25, 0.3) is 6.08 Å². The SMILES string of the molecule is O=C(/C(=C/c1ccccc1)CCl)c1ccccc1. The topological polar surface area (TPSA) is 17.1 Å². The van der Waals surface area contributed by atoms with Crippen molar-refractivity contribution in [3.05, 3.63) is 77.4 Å². The number of carbonyl (C=O) groups is 1. The number of carbonyl (C=O) groups excluding carboxylic acids is 1. The maximum Gasteiger partial charge on any atom is 0.190 e. The molecule has 90 valence electrons. The molecule has 0 aromatic heterocycles. The summed E-state index contributed by atoms with van der Waals surface area (Å²) in [5, 5.41) is 0. The van der Waals surface area contributed by atoms with Crippen molar-refractivity contribution in [1.82, 2.24) is 0 Å². The van der Waals surface area contributed by atoms with Gasteiger partial charge in [0.25, 0.3) is 0 Å². The highest BCUT2D eigenvalue weighted by molar-refractivity contribution is 6.26. The van der Waals surface area contributed by atoms with Crippen LogP contribution >= 0.6 is 11.6 Å². The fraction of sp³-hybridized carbons (Fsp3) is 0.0625. The van der Waals surface area contributed by atoms with Crippen molar-refractivity contribution in [2.24, 2.45) is 0 Å². The lowest BCUT2D eigenvalue weighted by molar-refractivity contribution is 0.103. The lowest BCUT2D eigenvalue weighted by atomic mass is 10.0. The minimum absolute atomic E-state index is 0.0190. The molecule has 0 radical (unpaired) electrons. The number of hydrogen-bond donors (Lipinski definition) is 0. The standard InChI is InChI=1S/C16H13ClO/c17-12-15(11-13-7-3-1-4-8-13)16(18)14-9-5-2-6-10-14/h1-11H,12H2/b15-11+. The first-order valence-electron chi connectivity index (χ1n) is 5.72. The van der Waals surface area contributed by atoms with E-state index in [-0.39, 0.29) is 11.7 Å². The van der Waals surface area contributed by atoms with Crippen molar-refractivity contribution in [3.63, 3.8) is 0 Å². The molecule has 2 heteroatoms. The molecule has 0 amide bonds. The Labute approximate surface area is 112 Å². The van der Waals surface area contributed by atoms with Crippen LogP contribution in [0, 0.1) is 0 Å². The first-order valence-corrected chi connectivity index (χ1v) is 6.26. The fourth-order valence-corrected chi connectivity index (χ4v) is 1.89. The van der Waals surface area contributed by atoms with Crippen molar-refractivity contribution >= 4 is 23.5 Å². The van der Waals surface area contributed by atoms with Gasteiger partial charge in [-0.2, -0.15) is 0 Å². The zero-order valence-electron chi connectivity index (χ0n) is 9.84. The number of rotatable bonds is 4. The van der Waals surface area contributed by atoms with Gasteiger partial charge in [-0.3, -0.25) is 4.79 Å². The molecule has 0 fully saturated rings. The van der Waals surface area contributed by atoms with Crippen LogP contribution < -0.4 is 0 Å². The third-order valence-corrected chi connectivity index (χ3v) is 2.90. The second kappa shape index (κ2) is 6.18. The molecule has 1 nitrogen and oxygen atoms in total. The number of Topliss-reactive ketones (excluding diaryl/α,β-unsaturated/α-hetero) is 1. The average molecular weight is 257 g/mol. The highest BCUT2D eigenvalue weighted by Gasteiger charge is 2.10. The molecule has 0 heterocycles. The fourth-order valence-electron chi connectivity index (χ4n) is 1.69. The van der Waals surface area contributed by atoms with E-state index < -0.39 is 0 Å². The van der Waals surface area contributed by atoms with Gasteiger partial charge in [0, 0.05) is 11.1 Å². The van der Waals surface area contributed by atoms with Crippen molar-refractivity contribution in [3.8, 4) is 0 Å². The highest BCUT2D eigenvalue weighted by atomic mass is 35.5. The van der Waals surface area contributed by atoms with Crippen LogP contribution in [-0.2, 0) is 0 Å². The zero-order valence-corrected chi connectivity index (χ0v) is 10.6. The predicted molar refractivity (Wildman–Crippen MR) is 75.9 cm³/mol. The molecule has 18 heavy (non-hydrogen) atoms. The number of alkyl halides is 1. The van der Waals surface area contributed by atoms with Crippen molar-refractivity contribution in [1.29, 1.82) is 0 Å². The summed E-state index contributed by atoms with van der Waals surface area (Å²) in [5.74, 6) is 0.192. The number of hydrogen-bond acceptors (Lipinski definition) is 1. The van der Waals surface area contributed by atoms with E-state index in [1.165, 1.54) is 0 Å². The second-order valence-electron chi connectivity index (χ2n) is 3.91. The Balaban J connectivity index is 2.30.